The van der Waals surface area contributed by atoms with Crippen LogP contribution in [0.3, 0.4) is 0 Å². The minimum absolute atomic E-state index is 0.0209. The van der Waals surface area contributed by atoms with Crippen molar-refractivity contribution in [3.8, 4) is 5.95 Å². The summed E-state index contributed by atoms with van der Waals surface area (Å²) in [5, 5.41) is 16.0. The van der Waals surface area contributed by atoms with E-state index in [1.807, 2.05) is 26.8 Å². The molecule has 0 aliphatic heterocycles. The third kappa shape index (κ3) is 3.97. The maximum atomic E-state index is 12.4. The van der Waals surface area contributed by atoms with E-state index in [0.717, 1.165) is 24.2 Å². The fourth-order valence-corrected chi connectivity index (χ4v) is 3.88. The van der Waals surface area contributed by atoms with E-state index in [2.05, 4.69) is 20.6 Å². The van der Waals surface area contributed by atoms with Crippen molar-refractivity contribution < 1.29 is 4.79 Å². The third-order valence-corrected chi connectivity index (χ3v) is 5.51. The molecule has 1 saturated carbocycles. The summed E-state index contributed by atoms with van der Waals surface area (Å²) in [6.45, 7) is 5.70. The number of nitrogens with two attached hydrogens (primary N) is 1. The summed E-state index contributed by atoms with van der Waals surface area (Å²) in [6, 6.07) is 2.24. The molecule has 0 aromatic carbocycles. The molecular formula is C16H25N7OS. The van der Waals surface area contributed by atoms with Crippen molar-refractivity contribution in [2.45, 2.75) is 69.3 Å². The second kappa shape index (κ2) is 7.47. The van der Waals surface area contributed by atoms with Crippen molar-refractivity contribution in [1.29, 1.82) is 0 Å². The van der Waals surface area contributed by atoms with Gasteiger partial charge in [0.25, 0.3) is 5.95 Å². The smallest absolute Gasteiger partial charge is 0.271 e. The number of nitrogens with zero attached hydrogens (tertiary/aromatic N) is 5. The van der Waals surface area contributed by atoms with E-state index < -0.39 is 0 Å². The van der Waals surface area contributed by atoms with Crippen LogP contribution in [0.1, 0.15) is 50.4 Å². The Morgan fingerprint density at radius 3 is 2.68 bits per heavy atom. The molecule has 3 N–H and O–H groups in total. The number of thioether (sulfide) groups is 1. The molecule has 25 heavy (non-hydrogen) atoms. The van der Waals surface area contributed by atoms with Crippen LogP contribution in [0.15, 0.2) is 11.2 Å². The molecule has 2 heterocycles. The first-order chi connectivity index (χ1) is 12.0. The number of nitrogen functional groups attached to an aromatic ring is 1. The summed E-state index contributed by atoms with van der Waals surface area (Å²) in [5.41, 5.74) is 1.81. The van der Waals surface area contributed by atoms with Crippen LogP contribution in [-0.2, 0) is 4.79 Å². The summed E-state index contributed by atoms with van der Waals surface area (Å²) in [5.74, 6) is 6.58. The van der Waals surface area contributed by atoms with Crippen LogP contribution in [-0.4, -0.2) is 41.9 Å². The van der Waals surface area contributed by atoms with Gasteiger partial charge in [-0.05, 0) is 39.7 Å². The van der Waals surface area contributed by atoms with Crippen molar-refractivity contribution in [3.05, 3.63) is 17.5 Å². The molecule has 1 unspecified atom stereocenters. The Bertz CT molecular complexity index is 748. The molecule has 2 aromatic heterocycles. The Balaban J connectivity index is 1.66. The Kier molecular flexibility index (Phi) is 5.31. The van der Waals surface area contributed by atoms with Crippen LogP contribution < -0.4 is 11.2 Å². The van der Waals surface area contributed by atoms with Gasteiger partial charge in [0, 0.05) is 11.7 Å². The molecule has 2 aromatic rings. The predicted octanol–water partition coefficient (Wildman–Crippen LogP) is 1.72. The standard InChI is InChI=1S/C16H25N7OS/c1-10-9-11(2)23(21-10)15-19-20-16(22(15)17)25-12(3)14(24)18-13-7-5-4-6-8-13/h9,12-13H,4-8,17H2,1-3H3,(H,18,24). The van der Waals surface area contributed by atoms with Gasteiger partial charge < -0.3 is 11.2 Å². The van der Waals surface area contributed by atoms with Gasteiger partial charge in [-0.3, -0.25) is 4.79 Å². The molecule has 1 aliphatic rings. The number of aromatic nitrogens is 5. The number of carbonyl (C=O) groups excluding carboxylic acids is 1. The van der Waals surface area contributed by atoms with E-state index in [1.54, 1.807) is 4.68 Å². The monoisotopic (exact) mass is 363 g/mol. The number of aryl methyl sites for hydroxylation is 2. The molecule has 1 aliphatic carbocycles. The van der Waals surface area contributed by atoms with E-state index >= 15 is 0 Å². The Hall–Kier alpha value is -2.03. The van der Waals surface area contributed by atoms with E-state index in [1.165, 1.54) is 35.7 Å². The lowest BCUT2D eigenvalue weighted by Crippen LogP contribution is -2.40. The van der Waals surface area contributed by atoms with Gasteiger partial charge in [-0.15, -0.1) is 10.2 Å². The Labute approximate surface area is 151 Å². The molecule has 1 fully saturated rings. The van der Waals surface area contributed by atoms with Crippen LogP contribution in [0.25, 0.3) is 5.95 Å². The SMILES string of the molecule is Cc1cc(C)n(-c2nnc(SC(C)C(=O)NC3CCCCC3)n2N)n1. The summed E-state index contributed by atoms with van der Waals surface area (Å²) in [7, 11) is 0. The molecule has 0 bridgehead atoms. The highest BCUT2D eigenvalue weighted by molar-refractivity contribution is 8.00. The molecule has 0 saturated heterocycles. The van der Waals surface area contributed by atoms with Crippen molar-refractivity contribution in [2.24, 2.45) is 0 Å². The molecular weight excluding hydrogens is 338 g/mol. The minimum atomic E-state index is -0.290. The van der Waals surface area contributed by atoms with Crippen LogP contribution in [0.4, 0.5) is 0 Å². The lowest BCUT2D eigenvalue weighted by atomic mass is 9.95. The van der Waals surface area contributed by atoms with Gasteiger partial charge in [0.2, 0.25) is 11.1 Å². The number of carbonyl (C=O) groups is 1. The molecule has 1 atom stereocenters. The second-order valence-corrected chi connectivity index (χ2v) is 7.90. The summed E-state index contributed by atoms with van der Waals surface area (Å²) < 4.78 is 3.04. The van der Waals surface area contributed by atoms with Crippen LogP contribution >= 0.6 is 11.8 Å². The number of hydrogen-bond acceptors (Lipinski definition) is 6. The predicted molar refractivity (Wildman–Crippen MR) is 97.1 cm³/mol. The lowest BCUT2D eigenvalue weighted by molar-refractivity contribution is -0.121. The number of rotatable bonds is 5. The highest BCUT2D eigenvalue weighted by Gasteiger charge is 2.23. The van der Waals surface area contributed by atoms with Gasteiger partial charge in [-0.25, -0.2) is 9.36 Å². The van der Waals surface area contributed by atoms with Crippen LogP contribution in [0, 0.1) is 13.8 Å². The van der Waals surface area contributed by atoms with E-state index in [-0.39, 0.29) is 11.2 Å². The Morgan fingerprint density at radius 1 is 1.32 bits per heavy atom. The van der Waals surface area contributed by atoms with E-state index in [4.69, 9.17) is 5.84 Å². The number of amides is 1. The van der Waals surface area contributed by atoms with Crippen molar-refractivity contribution in [3.63, 3.8) is 0 Å². The first kappa shape index (κ1) is 17.8. The highest BCUT2D eigenvalue weighted by atomic mass is 32.2. The van der Waals surface area contributed by atoms with E-state index in [9.17, 15) is 4.79 Å². The van der Waals surface area contributed by atoms with Gasteiger partial charge in [-0.2, -0.15) is 5.10 Å². The second-order valence-electron chi connectivity index (χ2n) is 6.60. The van der Waals surface area contributed by atoms with Crippen LogP contribution in [0.5, 0.6) is 0 Å². The van der Waals surface area contributed by atoms with Crippen LogP contribution in [0.2, 0.25) is 0 Å². The number of hydrogen-bond donors (Lipinski definition) is 2. The zero-order valence-corrected chi connectivity index (χ0v) is 15.7. The maximum absolute atomic E-state index is 12.4. The third-order valence-electron chi connectivity index (χ3n) is 4.45. The maximum Gasteiger partial charge on any atom is 0.271 e. The molecule has 8 nitrogen and oxygen atoms in total. The molecule has 136 valence electrons. The first-order valence-electron chi connectivity index (χ1n) is 8.67. The zero-order chi connectivity index (χ0) is 18.0. The van der Waals surface area contributed by atoms with Crippen molar-refractivity contribution in [2.75, 3.05) is 5.84 Å². The largest absolute Gasteiger partial charge is 0.352 e. The van der Waals surface area contributed by atoms with Gasteiger partial charge >= 0.3 is 0 Å². The van der Waals surface area contributed by atoms with Gasteiger partial charge in [-0.1, -0.05) is 31.0 Å². The lowest BCUT2D eigenvalue weighted by Gasteiger charge is -2.24. The van der Waals surface area contributed by atoms with Gasteiger partial charge in [0.05, 0.1) is 10.9 Å². The molecule has 1 amide bonds. The fraction of sp³-hybridized carbons (Fsp3) is 0.625. The molecule has 0 spiro atoms. The summed E-state index contributed by atoms with van der Waals surface area (Å²) in [6.07, 6.45) is 5.78. The normalized spacial score (nSPS) is 16.8. The minimum Gasteiger partial charge on any atom is -0.352 e. The van der Waals surface area contributed by atoms with Gasteiger partial charge in [0.15, 0.2) is 0 Å². The highest BCUT2D eigenvalue weighted by Crippen LogP contribution is 2.23. The molecule has 0 radical (unpaired) electrons. The topological polar surface area (TPSA) is 104 Å². The summed E-state index contributed by atoms with van der Waals surface area (Å²) in [4.78, 5) is 12.4. The average molecular weight is 363 g/mol. The van der Waals surface area contributed by atoms with Crippen molar-refractivity contribution in [1.82, 2.24) is 30.0 Å². The quantitative estimate of drug-likeness (QED) is 0.619. The average Bonchev–Trinajstić information content (AvgIpc) is 3.10. The van der Waals surface area contributed by atoms with Gasteiger partial charge in [0.1, 0.15) is 0 Å². The number of nitrogens with one attached hydrogen (secondary N) is 1. The Morgan fingerprint density at radius 2 is 2.04 bits per heavy atom. The summed E-state index contributed by atoms with van der Waals surface area (Å²) >= 11 is 1.31. The van der Waals surface area contributed by atoms with E-state index in [0.29, 0.717) is 17.1 Å². The van der Waals surface area contributed by atoms with Crippen molar-refractivity contribution >= 4 is 17.7 Å². The fourth-order valence-electron chi connectivity index (χ4n) is 3.10. The zero-order valence-electron chi connectivity index (χ0n) is 14.9. The first-order valence-corrected chi connectivity index (χ1v) is 9.55. The molecule has 9 heteroatoms. The molecule has 3 rings (SSSR count).